The minimum absolute atomic E-state index is 1.12. The second-order valence-electron chi connectivity index (χ2n) is 14.1. The van der Waals surface area contributed by atoms with Crippen LogP contribution in [0.3, 0.4) is 0 Å². The van der Waals surface area contributed by atoms with Gasteiger partial charge in [0.25, 0.3) is 0 Å². The molecule has 1 heterocycles. The van der Waals surface area contributed by atoms with Gasteiger partial charge in [-0.2, -0.15) is 0 Å². The van der Waals surface area contributed by atoms with E-state index in [1.807, 2.05) is 11.3 Å². The molecule has 0 unspecified atom stereocenters. The van der Waals surface area contributed by atoms with Crippen molar-refractivity contribution >= 4 is 91.7 Å². The zero-order valence-electron chi connectivity index (χ0n) is 29.4. The van der Waals surface area contributed by atoms with Crippen LogP contribution in [0.25, 0.3) is 85.5 Å². The Morgan fingerprint density at radius 3 is 1.57 bits per heavy atom. The highest BCUT2D eigenvalue weighted by Crippen LogP contribution is 2.43. The molecule has 11 aromatic rings. The predicted octanol–water partition coefficient (Wildman–Crippen LogP) is 15.5. The van der Waals surface area contributed by atoms with Crippen LogP contribution in [0.4, 0.5) is 17.1 Å². The van der Waals surface area contributed by atoms with E-state index in [4.69, 9.17) is 0 Å². The monoisotopic (exact) mass is 703 g/mol. The molecule has 0 saturated heterocycles. The van der Waals surface area contributed by atoms with Crippen molar-refractivity contribution in [3.8, 4) is 22.3 Å². The lowest BCUT2D eigenvalue weighted by atomic mass is 9.94. The maximum Gasteiger partial charge on any atom is 0.0468 e. The number of benzene rings is 10. The molecule has 10 aromatic carbocycles. The quantitative estimate of drug-likeness (QED) is 0.161. The molecule has 0 aliphatic carbocycles. The van der Waals surface area contributed by atoms with Gasteiger partial charge in [-0.3, -0.25) is 0 Å². The summed E-state index contributed by atoms with van der Waals surface area (Å²) >= 11 is 1.89. The van der Waals surface area contributed by atoms with Crippen LogP contribution < -0.4 is 4.90 Å². The minimum Gasteiger partial charge on any atom is -0.310 e. The smallest absolute Gasteiger partial charge is 0.0468 e. The van der Waals surface area contributed by atoms with Gasteiger partial charge in [0, 0.05) is 37.2 Å². The van der Waals surface area contributed by atoms with Gasteiger partial charge in [0.2, 0.25) is 0 Å². The highest BCUT2D eigenvalue weighted by atomic mass is 32.1. The average molecular weight is 704 g/mol. The van der Waals surface area contributed by atoms with E-state index in [9.17, 15) is 0 Å². The van der Waals surface area contributed by atoms with Crippen LogP contribution in [0, 0.1) is 0 Å². The van der Waals surface area contributed by atoms with Crippen molar-refractivity contribution in [2.24, 2.45) is 0 Å². The third-order valence-electron chi connectivity index (χ3n) is 11.0. The zero-order chi connectivity index (χ0) is 35.6. The third-order valence-corrected chi connectivity index (χ3v) is 12.2. The molecular formula is C52H33NS. The van der Waals surface area contributed by atoms with E-state index in [0.717, 1.165) is 17.1 Å². The molecule has 0 fully saturated rings. The number of hydrogen-bond donors (Lipinski definition) is 0. The summed E-state index contributed by atoms with van der Waals surface area (Å²) in [6.45, 7) is 0. The first kappa shape index (κ1) is 30.8. The number of rotatable bonds is 5. The van der Waals surface area contributed by atoms with E-state index in [-0.39, 0.29) is 0 Å². The fourth-order valence-electron chi connectivity index (χ4n) is 8.33. The molecular weight excluding hydrogens is 671 g/mol. The van der Waals surface area contributed by atoms with Gasteiger partial charge in [-0.05, 0) is 114 Å². The van der Waals surface area contributed by atoms with Crippen molar-refractivity contribution in [3.63, 3.8) is 0 Å². The van der Waals surface area contributed by atoms with Gasteiger partial charge >= 0.3 is 0 Å². The minimum atomic E-state index is 1.12. The molecule has 0 atom stereocenters. The standard InChI is InChI=1S/C52H33NS/c1-2-8-34(9-3-1)35-18-24-42(25-19-35)53(44-28-31-50-49(33-44)48-30-22-38-11-5-7-13-47(38)52(48)54-50)43-26-20-36(21-27-43)40-23-29-46-41(32-40)17-16-39-15-14-37-10-4-6-12-45(37)51(39)46/h1-33H. The number of anilines is 3. The zero-order valence-corrected chi connectivity index (χ0v) is 30.2. The first-order valence-electron chi connectivity index (χ1n) is 18.5. The van der Waals surface area contributed by atoms with Gasteiger partial charge in [-0.15, -0.1) is 11.3 Å². The second kappa shape index (κ2) is 12.4. The van der Waals surface area contributed by atoms with Crippen molar-refractivity contribution in [2.75, 3.05) is 4.90 Å². The van der Waals surface area contributed by atoms with E-state index in [0.29, 0.717) is 0 Å². The maximum atomic E-state index is 2.39. The largest absolute Gasteiger partial charge is 0.310 e. The molecule has 0 aliphatic rings. The summed E-state index contributed by atoms with van der Waals surface area (Å²) in [5.74, 6) is 0. The molecule has 0 amide bonds. The molecule has 54 heavy (non-hydrogen) atoms. The number of fused-ring (bicyclic) bond motifs is 10. The normalized spacial score (nSPS) is 11.7. The molecule has 0 N–H and O–H groups in total. The molecule has 0 spiro atoms. The van der Waals surface area contributed by atoms with Gasteiger partial charge in [0.15, 0.2) is 0 Å². The molecule has 0 saturated carbocycles. The fourth-order valence-corrected chi connectivity index (χ4v) is 9.55. The maximum absolute atomic E-state index is 2.39. The van der Waals surface area contributed by atoms with Crippen LogP contribution in [-0.2, 0) is 0 Å². The van der Waals surface area contributed by atoms with Crippen molar-refractivity contribution < 1.29 is 0 Å². The molecule has 0 bridgehead atoms. The predicted molar refractivity (Wildman–Crippen MR) is 235 cm³/mol. The summed E-state index contributed by atoms with van der Waals surface area (Å²) in [7, 11) is 0. The summed E-state index contributed by atoms with van der Waals surface area (Å²) < 4.78 is 2.65. The van der Waals surface area contributed by atoms with Crippen LogP contribution in [-0.4, -0.2) is 0 Å². The van der Waals surface area contributed by atoms with Gasteiger partial charge in [-0.25, -0.2) is 0 Å². The van der Waals surface area contributed by atoms with Crippen LogP contribution in [0.2, 0.25) is 0 Å². The fraction of sp³-hybridized carbons (Fsp3) is 0. The third kappa shape index (κ3) is 5.07. The van der Waals surface area contributed by atoms with Crippen molar-refractivity contribution in [3.05, 3.63) is 200 Å². The highest BCUT2D eigenvalue weighted by Gasteiger charge is 2.17. The van der Waals surface area contributed by atoms with E-state index in [2.05, 4.69) is 205 Å². The van der Waals surface area contributed by atoms with Gasteiger partial charge in [-0.1, -0.05) is 152 Å². The van der Waals surface area contributed by atoms with Gasteiger partial charge in [0.05, 0.1) is 0 Å². The van der Waals surface area contributed by atoms with Crippen molar-refractivity contribution in [2.45, 2.75) is 0 Å². The Hall–Kier alpha value is -6.74. The molecule has 0 radical (unpaired) electrons. The Morgan fingerprint density at radius 2 is 0.815 bits per heavy atom. The molecule has 0 aliphatic heterocycles. The summed E-state index contributed by atoms with van der Waals surface area (Å²) in [4.78, 5) is 2.39. The van der Waals surface area contributed by atoms with E-state index < -0.39 is 0 Å². The van der Waals surface area contributed by atoms with Crippen LogP contribution in [0.1, 0.15) is 0 Å². The van der Waals surface area contributed by atoms with Crippen molar-refractivity contribution in [1.82, 2.24) is 0 Å². The Bertz CT molecular complexity index is 3190. The average Bonchev–Trinajstić information content (AvgIpc) is 3.63. The van der Waals surface area contributed by atoms with E-state index in [1.165, 1.54) is 85.5 Å². The van der Waals surface area contributed by atoms with Crippen molar-refractivity contribution in [1.29, 1.82) is 0 Å². The van der Waals surface area contributed by atoms with Crippen LogP contribution in [0.5, 0.6) is 0 Å². The Labute approximate surface area is 317 Å². The summed E-state index contributed by atoms with van der Waals surface area (Å²) in [6, 6.07) is 73.4. The second-order valence-corrected chi connectivity index (χ2v) is 15.2. The summed E-state index contributed by atoms with van der Waals surface area (Å²) in [5, 5.41) is 12.9. The first-order chi connectivity index (χ1) is 26.7. The van der Waals surface area contributed by atoms with Gasteiger partial charge in [0.1, 0.15) is 0 Å². The number of hydrogen-bond acceptors (Lipinski definition) is 2. The topological polar surface area (TPSA) is 3.24 Å². The SMILES string of the molecule is c1ccc(-c2ccc(N(c3ccc(-c4ccc5c(ccc6ccc7ccccc7c65)c4)cc3)c3ccc4sc5c6ccccc6ccc5c4c3)cc2)cc1. The molecule has 252 valence electrons. The van der Waals surface area contributed by atoms with Gasteiger partial charge < -0.3 is 4.90 Å². The Morgan fingerprint density at radius 1 is 0.296 bits per heavy atom. The first-order valence-corrected chi connectivity index (χ1v) is 19.3. The Balaban J connectivity index is 1.02. The number of thiophene rings is 1. The van der Waals surface area contributed by atoms with E-state index in [1.54, 1.807) is 0 Å². The lowest BCUT2D eigenvalue weighted by Gasteiger charge is -2.26. The summed E-state index contributed by atoms with van der Waals surface area (Å²) in [5.41, 5.74) is 8.22. The molecule has 2 heteroatoms. The number of nitrogens with zero attached hydrogens (tertiary/aromatic N) is 1. The molecule has 1 nitrogen and oxygen atoms in total. The Kier molecular flexibility index (Phi) is 7.11. The molecule has 1 aromatic heterocycles. The molecule has 11 rings (SSSR count). The van der Waals surface area contributed by atoms with Crippen LogP contribution >= 0.6 is 11.3 Å². The van der Waals surface area contributed by atoms with Crippen LogP contribution in [0.15, 0.2) is 200 Å². The lowest BCUT2D eigenvalue weighted by molar-refractivity contribution is 1.29. The van der Waals surface area contributed by atoms with E-state index >= 15 is 0 Å². The highest BCUT2D eigenvalue weighted by molar-refractivity contribution is 7.26. The summed E-state index contributed by atoms with van der Waals surface area (Å²) in [6.07, 6.45) is 0. The lowest BCUT2D eigenvalue weighted by Crippen LogP contribution is -2.09.